The van der Waals surface area contributed by atoms with Gasteiger partial charge < -0.3 is 5.32 Å². The maximum atomic E-state index is 5.42. The molecule has 0 atom stereocenters. The highest BCUT2D eigenvalue weighted by atomic mass is 32.2. The lowest BCUT2D eigenvalue weighted by molar-refractivity contribution is 0.294. The van der Waals surface area contributed by atoms with Gasteiger partial charge in [-0.05, 0) is 29.8 Å². The smallest absolute Gasteiger partial charge is 0.129 e. The number of hydrogen-bond donors (Lipinski definition) is 1. The second kappa shape index (κ2) is 7.72. The predicted octanol–water partition coefficient (Wildman–Crippen LogP) is 3.42. The monoisotopic (exact) mass is 329 g/mol. The van der Waals surface area contributed by atoms with Crippen molar-refractivity contribution in [3.05, 3.63) is 59.9 Å². The fourth-order valence-electron chi connectivity index (χ4n) is 2.46. The van der Waals surface area contributed by atoms with Gasteiger partial charge in [-0.3, -0.25) is 9.88 Å². The largest absolute Gasteiger partial charge is 0.345 e. The standard InChI is InChI=1S/C17H19N3S2/c21-17(16-6-1-2-7-18-16)19-15-5-3-4-14(12-15)13-20-8-10-22-11-9-20/h1-7,12H,8-11,13H2,(H,19,21). The fraction of sp³-hybridized carbons (Fsp3) is 0.294. The minimum atomic E-state index is 0.659. The summed E-state index contributed by atoms with van der Waals surface area (Å²) in [5.74, 6) is 2.48. The molecule has 0 spiro atoms. The van der Waals surface area contributed by atoms with Crippen molar-refractivity contribution in [2.45, 2.75) is 6.54 Å². The highest BCUT2D eigenvalue weighted by Crippen LogP contribution is 2.16. The van der Waals surface area contributed by atoms with E-state index in [4.69, 9.17) is 12.2 Å². The molecule has 0 saturated carbocycles. The van der Waals surface area contributed by atoms with Gasteiger partial charge in [-0.15, -0.1) is 0 Å². The van der Waals surface area contributed by atoms with Crippen molar-refractivity contribution < 1.29 is 0 Å². The lowest BCUT2D eigenvalue weighted by Gasteiger charge is -2.26. The van der Waals surface area contributed by atoms with Gasteiger partial charge in [0.1, 0.15) is 4.99 Å². The van der Waals surface area contributed by atoms with Crippen LogP contribution in [0.4, 0.5) is 5.69 Å². The van der Waals surface area contributed by atoms with Crippen LogP contribution >= 0.6 is 24.0 Å². The molecule has 0 unspecified atom stereocenters. The summed E-state index contributed by atoms with van der Waals surface area (Å²) in [6.07, 6.45) is 1.76. The predicted molar refractivity (Wildman–Crippen MR) is 98.6 cm³/mol. The summed E-state index contributed by atoms with van der Waals surface area (Å²) in [6, 6.07) is 14.2. The van der Waals surface area contributed by atoms with E-state index in [9.17, 15) is 0 Å². The Balaban J connectivity index is 1.64. The summed E-state index contributed by atoms with van der Waals surface area (Å²) < 4.78 is 0. The van der Waals surface area contributed by atoms with E-state index in [1.54, 1.807) is 6.20 Å². The van der Waals surface area contributed by atoms with Crippen molar-refractivity contribution >= 4 is 34.7 Å². The summed E-state index contributed by atoms with van der Waals surface area (Å²) in [5.41, 5.74) is 3.15. The first-order chi connectivity index (χ1) is 10.8. The fourth-order valence-corrected chi connectivity index (χ4v) is 3.67. The first-order valence-corrected chi connectivity index (χ1v) is 8.99. The Morgan fingerprint density at radius 1 is 1.18 bits per heavy atom. The van der Waals surface area contributed by atoms with E-state index in [2.05, 4.69) is 33.4 Å². The lowest BCUT2D eigenvalue weighted by atomic mass is 10.2. The third kappa shape index (κ3) is 4.29. The Labute approximate surface area is 141 Å². The molecule has 0 amide bonds. The Hall–Kier alpha value is -1.43. The summed E-state index contributed by atoms with van der Waals surface area (Å²) >= 11 is 7.46. The van der Waals surface area contributed by atoms with Gasteiger partial charge in [0.05, 0.1) is 5.69 Å². The number of nitrogens with zero attached hydrogens (tertiary/aromatic N) is 2. The van der Waals surface area contributed by atoms with Crippen molar-refractivity contribution in [1.29, 1.82) is 0 Å². The highest BCUT2D eigenvalue weighted by molar-refractivity contribution is 7.99. The van der Waals surface area contributed by atoms with Gasteiger partial charge in [0, 0.05) is 43.0 Å². The first kappa shape index (κ1) is 15.5. The summed E-state index contributed by atoms with van der Waals surface area (Å²) in [7, 11) is 0. The molecule has 1 aliphatic heterocycles. The zero-order valence-electron chi connectivity index (χ0n) is 12.4. The number of anilines is 1. The molecule has 0 aliphatic carbocycles. The second-order valence-corrected chi connectivity index (χ2v) is 6.89. The van der Waals surface area contributed by atoms with E-state index in [-0.39, 0.29) is 0 Å². The maximum absolute atomic E-state index is 5.42. The Bertz CT molecular complexity index is 625. The molecule has 5 heteroatoms. The topological polar surface area (TPSA) is 28.2 Å². The van der Waals surface area contributed by atoms with Crippen molar-refractivity contribution in [3.8, 4) is 0 Å². The third-order valence-corrected chi connectivity index (χ3v) is 4.85. The Morgan fingerprint density at radius 3 is 2.82 bits per heavy atom. The van der Waals surface area contributed by atoms with Gasteiger partial charge in [-0.1, -0.05) is 30.4 Å². The van der Waals surface area contributed by atoms with E-state index in [0.717, 1.165) is 17.9 Å². The lowest BCUT2D eigenvalue weighted by Crippen LogP contribution is -2.31. The number of rotatable bonds is 4. The van der Waals surface area contributed by atoms with E-state index < -0.39 is 0 Å². The van der Waals surface area contributed by atoms with Crippen molar-refractivity contribution in [3.63, 3.8) is 0 Å². The van der Waals surface area contributed by atoms with Gasteiger partial charge in [0.15, 0.2) is 0 Å². The van der Waals surface area contributed by atoms with Crippen LogP contribution in [0.15, 0.2) is 48.7 Å². The summed E-state index contributed by atoms with van der Waals surface area (Å²) in [5, 5.41) is 3.28. The van der Waals surface area contributed by atoms with Crippen LogP contribution in [-0.2, 0) is 6.54 Å². The normalized spacial score (nSPS) is 15.5. The SMILES string of the molecule is S=C(Nc1cccc(CN2CCSCC2)c1)c1ccccn1. The van der Waals surface area contributed by atoms with Crippen LogP contribution in [0.3, 0.4) is 0 Å². The van der Waals surface area contributed by atoms with Crippen LogP contribution in [0.1, 0.15) is 11.3 Å². The number of hydrogen-bond acceptors (Lipinski definition) is 4. The number of thiocarbonyl (C=S) groups is 1. The number of benzene rings is 1. The van der Waals surface area contributed by atoms with Crippen LogP contribution in [0.5, 0.6) is 0 Å². The molecule has 1 aromatic carbocycles. The number of aromatic nitrogens is 1. The maximum Gasteiger partial charge on any atom is 0.129 e. The molecular weight excluding hydrogens is 310 g/mol. The average Bonchev–Trinajstić information content (AvgIpc) is 2.57. The molecule has 3 rings (SSSR count). The van der Waals surface area contributed by atoms with E-state index in [0.29, 0.717) is 4.99 Å². The minimum absolute atomic E-state index is 0.659. The minimum Gasteiger partial charge on any atom is -0.345 e. The molecule has 1 saturated heterocycles. The molecule has 114 valence electrons. The van der Waals surface area contributed by atoms with Crippen molar-refractivity contribution in [2.75, 3.05) is 29.9 Å². The number of pyridine rings is 1. The Kier molecular flexibility index (Phi) is 5.43. The van der Waals surface area contributed by atoms with E-state index >= 15 is 0 Å². The molecule has 1 aromatic heterocycles. The molecule has 1 N–H and O–H groups in total. The zero-order chi connectivity index (χ0) is 15.2. The molecular formula is C17H19N3S2. The van der Waals surface area contributed by atoms with Crippen molar-refractivity contribution in [1.82, 2.24) is 9.88 Å². The number of thioether (sulfide) groups is 1. The second-order valence-electron chi connectivity index (χ2n) is 5.26. The van der Waals surface area contributed by atoms with E-state index in [1.165, 1.54) is 30.2 Å². The van der Waals surface area contributed by atoms with Crippen LogP contribution < -0.4 is 5.32 Å². The highest BCUT2D eigenvalue weighted by Gasteiger charge is 2.11. The Morgan fingerprint density at radius 2 is 2.05 bits per heavy atom. The summed E-state index contributed by atoms with van der Waals surface area (Å²) in [6.45, 7) is 3.36. The van der Waals surface area contributed by atoms with Gasteiger partial charge in [-0.2, -0.15) is 11.8 Å². The first-order valence-electron chi connectivity index (χ1n) is 7.43. The molecule has 1 fully saturated rings. The van der Waals surface area contributed by atoms with Gasteiger partial charge in [-0.25, -0.2) is 0 Å². The van der Waals surface area contributed by atoms with Crippen LogP contribution in [0, 0.1) is 0 Å². The van der Waals surface area contributed by atoms with Gasteiger partial charge >= 0.3 is 0 Å². The quantitative estimate of drug-likeness (QED) is 0.868. The van der Waals surface area contributed by atoms with Crippen molar-refractivity contribution in [2.24, 2.45) is 0 Å². The zero-order valence-corrected chi connectivity index (χ0v) is 14.0. The average molecular weight is 329 g/mol. The van der Waals surface area contributed by atoms with E-state index in [1.807, 2.05) is 36.0 Å². The van der Waals surface area contributed by atoms with Crippen LogP contribution in [0.25, 0.3) is 0 Å². The third-order valence-electron chi connectivity index (χ3n) is 3.59. The summed E-state index contributed by atoms with van der Waals surface area (Å²) in [4.78, 5) is 7.44. The molecule has 2 aromatic rings. The molecule has 0 radical (unpaired) electrons. The number of nitrogens with one attached hydrogen (secondary N) is 1. The molecule has 1 aliphatic rings. The van der Waals surface area contributed by atoms with Gasteiger partial charge in [0.2, 0.25) is 0 Å². The molecule has 2 heterocycles. The molecule has 3 nitrogen and oxygen atoms in total. The van der Waals surface area contributed by atoms with Crippen LogP contribution in [-0.4, -0.2) is 39.5 Å². The molecule has 22 heavy (non-hydrogen) atoms. The molecule has 0 bridgehead atoms. The van der Waals surface area contributed by atoms with Gasteiger partial charge in [0.25, 0.3) is 0 Å². The van der Waals surface area contributed by atoms with Crippen LogP contribution in [0.2, 0.25) is 0 Å².